The van der Waals surface area contributed by atoms with E-state index in [4.69, 9.17) is 5.73 Å². The van der Waals surface area contributed by atoms with Crippen LogP contribution in [0, 0.1) is 10.4 Å². The number of amides is 1. The van der Waals surface area contributed by atoms with Crippen molar-refractivity contribution >= 4 is 54.1 Å². The van der Waals surface area contributed by atoms with Gasteiger partial charge in [-0.25, -0.2) is 0 Å². The number of carbonyl (C=O) groups excluding carboxylic acids is 1. The average Bonchev–Trinajstić information content (AvgIpc) is 3.09. The zero-order valence-corrected chi connectivity index (χ0v) is 19.8. The maximum Gasteiger partial charge on any atom is 0.248 e. The van der Waals surface area contributed by atoms with Crippen LogP contribution in [-0.4, -0.2) is 12.1 Å². The Bertz CT molecular complexity index is 1490. The zero-order chi connectivity index (χ0) is 21.9. The first-order chi connectivity index (χ1) is 15.7. The largest absolute Gasteiger partial charge is 0.366 e. The molecule has 1 amide bonds. The molecule has 0 aromatic heterocycles. The van der Waals surface area contributed by atoms with E-state index in [2.05, 4.69) is 53.5 Å². The Morgan fingerprint density at radius 1 is 0.939 bits per heavy atom. The Balaban J connectivity index is 0.000000158. The van der Waals surface area contributed by atoms with Crippen molar-refractivity contribution in [2.24, 2.45) is 10.7 Å². The molecular formula is C28H25ClN2OS. The summed E-state index contributed by atoms with van der Waals surface area (Å²) in [5, 5.41) is 7.69. The molecule has 1 aliphatic heterocycles. The highest BCUT2D eigenvalue weighted by atomic mass is 35.5. The second-order valence-electron chi connectivity index (χ2n) is 8.02. The quantitative estimate of drug-likeness (QED) is 0.544. The van der Waals surface area contributed by atoms with Crippen LogP contribution in [0.1, 0.15) is 34.3 Å². The van der Waals surface area contributed by atoms with Crippen molar-refractivity contribution in [3.63, 3.8) is 0 Å². The topological polar surface area (TPSA) is 55.5 Å². The second kappa shape index (κ2) is 10.2. The van der Waals surface area contributed by atoms with Crippen LogP contribution < -0.4 is 16.2 Å². The third-order valence-electron chi connectivity index (χ3n) is 6.06. The van der Waals surface area contributed by atoms with Gasteiger partial charge in [-0.2, -0.15) is 0 Å². The van der Waals surface area contributed by atoms with Crippen molar-refractivity contribution in [2.45, 2.75) is 30.6 Å². The van der Waals surface area contributed by atoms with Gasteiger partial charge in [0.25, 0.3) is 0 Å². The van der Waals surface area contributed by atoms with Crippen molar-refractivity contribution in [3.8, 4) is 0 Å². The Morgan fingerprint density at radius 2 is 1.82 bits per heavy atom. The predicted octanol–water partition coefficient (Wildman–Crippen LogP) is 4.96. The number of benzene rings is 3. The molecule has 3 aromatic carbocycles. The third kappa shape index (κ3) is 4.82. The van der Waals surface area contributed by atoms with E-state index in [1.807, 2.05) is 17.6 Å². The number of thioether (sulfide) groups is 1. The molecule has 3 aliphatic rings. The summed E-state index contributed by atoms with van der Waals surface area (Å²) in [6.45, 7) is 0. The Kier molecular flexibility index (Phi) is 7.17. The molecule has 0 saturated carbocycles. The SMILES string of the molecule is C1=c2ccc3c(c2CCC1)CC=c1ccccc1=3.Cl.NC(=O)c1ccc2c(c1)N=CC=CS2. The van der Waals surface area contributed by atoms with Crippen molar-refractivity contribution in [2.75, 3.05) is 0 Å². The lowest BCUT2D eigenvalue weighted by molar-refractivity contribution is 0.1000. The molecule has 3 aromatic rings. The van der Waals surface area contributed by atoms with Crippen LogP contribution in [0.25, 0.3) is 12.2 Å². The van der Waals surface area contributed by atoms with Crippen molar-refractivity contribution in [1.82, 2.24) is 0 Å². The number of hydrogen-bond acceptors (Lipinski definition) is 3. The summed E-state index contributed by atoms with van der Waals surface area (Å²) in [5.41, 5.74) is 9.62. The number of nitrogens with two attached hydrogens (primary N) is 1. The molecule has 166 valence electrons. The van der Waals surface area contributed by atoms with Gasteiger partial charge < -0.3 is 5.73 Å². The van der Waals surface area contributed by atoms with Crippen LogP contribution in [0.2, 0.25) is 0 Å². The molecule has 0 bridgehead atoms. The van der Waals surface area contributed by atoms with Gasteiger partial charge in [0.15, 0.2) is 0 Å². The van der Waals surface area contributed by atoms with Gasteiger partial charge in [0.05, 0.1) is 5.69 Å². The minimum absolute atomic E-state index is 0. The fraction of sp³-hybridized carbons (Fsp3) is 0.143. The van der Waals surface area contributed by atoms with E-state index in [1.54, 1.807) is 41.2 Å². The van der Waals surface area contributed by atoms with E-state index in [0.29, 0.717) is 5.56 Å². The molecule has 2 N–H and O–H groups in total. The molecule has 33 heavy (non-hydrogen) atoms. The van der Waals surface area contributed by atoms with Crippen LogP contribution in [0.3, 0.4) is 0 Å². The van der Waals surface area contributed by atoms with E-state index in [0.717, 1.165) is 17.0 Å². The molecule has 0 radical (unpaired) electrons. The van der Waals surface area contributed by atoms with Gasteiger partial charge in [0.2, 0.25) is 5.91 Å². The highest BCUT2D eigenvalue weighted by Crippen LogP contribution is 2.32. The number of carbonyl (C=O) groups is 1. The van der Waals surface area contributed by atoms with E-state index in [-0.39, 0.29) is 12.4 Å². The van der Waals surface area contributed by atoms with Gasteiger partial charge in [0, 0.05) is 16.7 Å². The predicted molar refractivity (Wildman–Crippen MR) is 141 cm³/mol. The average molecular weight is 473 g/mol. The molecule has 0 atom stereocenters. The number of halogens is 1. The third-order valence-corrected chi connectivity index (χ3v) is 6.95. The Labute approximate surface area is 203 Å². The highest BCUT2D eigenvalue weighted by molar-refractivity contribution is 8.02. The summed E-state index contributed by atoms with van der Waals surface area (Å²) in [7, 11) is 0. The van der Waals surface area contributed by atoms with Crippen LogP contribution in [0.15, 0.2) is 76.0 Å². The summed E-state index contributed by atoms with van der Waals surface area (Å²) in [5.74, 6) is -0.426. The maximum atomic E-state index is 10.9. The number of fused-ring (bicyclic) bond motifs is 5. The summed E-state index contributed by atoms with van der Waals surface area (Å²) in [6, 6.07) is 18.7. The molecule has 0 saturated heterocycles. The molecular weight excluding hydrogens is 448 g/mol. The smallest absolute Gasteiger partial charge is 0.248 e. The van der Waals surface area contributed by atoms with Crippen LogP contribution >= 0.6 is 24.2 Å². The summed E-state index contributed by atoms with van der Waals surface area (Å²) < 4.78 is 0. The van der Waals surface area contributed by atoms with Crippen LogP contribution in [0.4, 0.5) is 5.69 Å². The number of allylic oxidation sites excluding steroid dienone is 1. The minimum atomic E-state index is -0.426. The summed E-state index contributed by atoms with van der Waals surface area (Å²) in [6.07, 6.45) is 13.2. The fourth-order valence-electron chi connectivity index (χ4n) is 4.49. The van der Waals surface area contributed by atoms with E-state index < -0.39 is 5.91 Å². The summed E-state index contributed by atoms with van der Waals surface area (Å²) >= 11 is 1.57. The number of primary amides is 1. The lowest BCUT2D eigenvalue weighted by atomic mass is 9.89. The van der Waals surface area contributed by atoms with Crippen LogP contribution in [-0.2, 0) is 12.8 Å². The number of rotatable bonds is 1. The van der Waals surface area contributed by atoms with Crippen LogP contribution in [0.5, 0.6) is 0 Å². The zero-order valence-electron chi connectivity index (χ0n) is 18.2. The van der Waals surface area contributed by atoms with Gasteiger partial charge in [-0.3, -0.25) is 9.79 Å². The van der Waals surface area contributed by atoms with E-state index in [9.17, 15) is 4.79 Å². The van der Waals surface area contributed by atoms with E-state index in [1.165, 1.54) is 40.1 Å². The first-order valence-corrected chi connectivity index (χ1v) is 11.8. The Hall–Kier alpha value is -3.08. The Morgan fingerprint density at radius 3 is 2.70 bits per heavy atom. The van der Waals surface area contributed by atoms with Gasteiger partial charge >= 0.3 is 0 Å². The molecule has 2 aliphatic carbocycles. The molecule has 0 fully saturated rings. The molecule has 5 heteroatoms. The minimum Gasteiger partial charge on any atom is -0.366 e. The van der Waals surface area contributed by atoms with Gasteiger partial charge in [0.1, 0.15) is 0 Å². The second-order valence-corrected chi connectivity index (χ2v) is 8.97. The fourth-order valence-corrected chi connectivity index (χ4v) is 5.17. The molecule has 0 spiro atoms. The molecule has 0 unspecified atom stereocenters. The standard InChI is InChI=1S/C18H16.C10H8N2OS.ClH/c1-3-7-15-13(5-1)9-11-18-16-8-4-2-6-14(16)10-12-17(15)18;11-10(13)7-2-3-9-8(6-7)12-4-1-5-14-9;/h1,3,5-7,9-10,12H,2,4,8,11H2;1-6H,(H2,11,13);1H. The van der Waals surface area contributed by atoms with Gasteiger partial charge in [-0.05, 0) is 87.4 Å². The van der Waals surface area contributed by atoms with Crippen molar-refractivity contribution in [3.05, 3.63) is 104 Å². The van der Waals surface area contributed by atoms with Gasteiger partial charge in [-0.1, -0.05) is 60.3 Å². The lowest BCUT2D eigenvalue weighted by Crippen LogP contribution is -2.19. The maximum absolute atomic E-state index is 10.9. The summed E-state index contributed by atoms with van der Waals surface area (Å²) in [4.78, 5) is 16.1. The first-order valence-electron chi connectivity index (χ1n) is 10.9. The lowest BCUT2D eigenvalue weighted by Gasteiger charge is -2.16. The molecule has 3 nitrogen and oxygen atoms in total. The number of hydrogen-bond donors (Lipinski definition) is 1. The van der Waals surface area contributed by atoms with Crippen molar-refractivity contribution < 1.29 is 4.79 Å². The van der Waals surface area contributed by atoms with Gasteiger partial charge in [-0.15, -0.1) is 12.4 Å². The normalized spacial score (nSPS) is 14.3. The number of aliphatic imine (C=N–C) groups is 1. The molecule has 6 rings (SSSR count). The van der Waals surface area contributed by atoms with Crippen molar-refractivity contribution in [1.29, 1.82) is 0 Å². The molecule has 1 heterocycles. The number of nitrogens with zero attached hydrogens (tertiary/aromatic N) is 1. The highest BCUT2D eigenvalue weighted by Gasteiger charge is 2.11. The van der Waals surface area contributed by atoms with E-state index >= 15 is 0 Å². The first kappa shape index (κ1) is 23.1. The monoisotopic (exact) mass is 472 g/mol.